The number of carbonyl (C=O) groups is 2. The molecule has 5 nitrogen and oxygen atoms in total. The summed E-state index contributed by atoms with van der Waals surface area (Å²) in [6.07, 6.45) is 0. The van der Waals surface area contributed by atoms with E-state index in [0.717, 1.165) is 5.56 Å². The molecule has 0 fully saturated rings. The predicted molar refractivity (Wildman–Crippen MR) is 79.1 cm³/mol. The fraction of sp³-hybridized carbons (Fsp3) is 0.429. The molecule has 0 aromatic heterocycles. The minimum Gasteiger partial charge on any atom is -0.481 e. The summed E-state index contributed by atoms with van der Waals surface area (Å²) in [5.74, 6) is -1.58. The first-order valence-electron chi connectivity index (χ1n) is 6.27. The molecular formula is C14H19ClN2O3. The summed E-state index contributed by atoms with van der Waals surface area (Å²) in [5.41, 5.74) is 1.59. The van der Waals surface area contributed by atoms with Crippen molar-refractivity contribution in [2.45, 2.75) is 13.8 Å². The van der Waals surface area contributed by atoms with Crippen LogP contribution in [0.3, 0.4) is 0 Å². The molecule has 0 bridgehead atoms. The zero-order chi connectivity index (χ0) is 15.3. The highest BCUT2D eigenvalue weighted by molar-refractivity contribution is 6.31. The fourth-order valence-corrected chi connectivity index (χ4v) is 1.95. The summed E-state index contributed by atoms with van der Waals surface area (Å²) >= 11 is 5.88. The van der Waals surface area contributed by atoms with Gasteiger partial charge < -0.3 is 10.4 Å². The molecule has 6 heteroatoms. The fourth-order valence-electron chi connectivity index (χ4n) is 1.77. The Kier molecular flexibility index (Phi) is 5.98. The van der Waals surface area contributed by atoms with E-state index < -0.39 is 11.9 Å². The van der Waals surface area contributed by atoms with Gasteiger partial charge >= 0.3 is 5.97 Å². The van der Waals surface area contributed by atoms with Crippen LogP contribution in [-0.4, -0.2) is 42.0 Å². The van der Waals surface area contributed by atoms with Crippen molar-refractivity contribution < 1.29 is 14.7 Å². The summed E-state index contributed by atoms with van der Waals surface area (Å²) < 4.78 is 0. The number of rotatable bonds is 6. The molecule has 0 aliphatic carbocycles. The number of aryl methyl sites for hydroxylation is 1. The number of hydrogen-bond donors (Lipinski definition) is 2. The maximum Gasteiger partial charge on any atom is 0.307 e. The van der Waals surface area contributed by atoms with Gasteiger partial charge in [-0.1, -0.05) is 24.6 Å². The molecular weight excluding hydrogens is 280 g/mol. The van der Waals surface area contributed by atoms with E-state index in [1.165, 1.54) is 0 Å². The van der Waals surface area contributed by atoms with E-state index in [9.17, 15) is 9.59 Å². The molecule has 0 aliphatic rings. The minimum absolute atomic E-state index is 0.129. The van der Waals surface area contributed by atoms with Crippen LogP contribution in [0.4, 0.5) is 5.69 Å². The van der Waals surface area contributed by atoms with E-state index >= 15 is 0 Å². The average Bonchev–Trinajstić information content (AvgIpc) is 2.33. The topological polar surface area (TPSA) is 69.6 Å². The van der Waals surface area contributed by atoms with Crippen molar-refractivity contribution in [1.29, 1.82) is 0 Å². The third-order valence-electron chi connectivity index (χ3n) is 2.89. The van der Waals surface area contributed by atoms with Gasteiger partial charge in [-0.25, -0.2) is 0 Å². The molecule has 0 saturated carbocycles. The number of aliphatic carboxylic acids is 1. The molecule has 0 heterocycles. The van der Waals surface area contributed by atoms with Crippen molar-refractivity contribution in [3.63, 3.8) is 0 Å². The number of hydrogen-bond acceptors (Lipinski definition) is 3. The second kappa shape index (κ2) is 7.26. The van der Waals surface area contributed by atoms with Gasteiger partial charge in [-0.15, -0.1) is 0 Å². The number of carboxylic acid groups (broad SMARTS) is 1. The molecule has 1 unspecified atom stereocenters. The molecule has 1 aromatic rings. The second-order valence-corrected chi connectivity index (χ2v) is 5.38. The van der Waals surface area contributed by atoms with E-state index in [2.05, 4.69) is 5.32 Å². The Hall–Kier alpha value is -1.59. The SMILES string of the molecule is Cc1ccc(Cl)cc1NC(=O)CN(C)CC(C)C(=O)O. The van der Waals surface area contributed by atoms with Crippen LogP contribution in [0.2, 0.25) is 5.02 Å². The lowest BCUT2D eigenvalue weighted by Gasteiger charge is -2.18. The number of anilines is 1. The quantitative estimate of drug-likeness (QED) is 0.845. The third kappa shape index (κ3) is 5.19. The highest BCUT2D eigenvalue weighted by Crippen LogP contribution is 2.20. The minimum atomic E-state index is -0.872. The van der Waals surface area contributed by atoms with Crippen molar-refractivity contribution in [1.82, 2.24) is 4.90 Å². The first-order valence-corrected chi connectivity index (χ1v) is 6.64. The van der Waals surface area contributed by atoms with Crippen molar-refractivity contribution >= 4 is 29.2 Å². The largest absolute Gasteiger partial charge is 0.481 e. The number of likely N-dealkylation sites (N-methyl/N-ethyl adjacent to an activating group) is 1. The molecule has 0 aliphatic heterocycles. The van der Waals surface area contributed by atoms with E-state index in [1.54, 1.807) is 31.0 Å². The van der Waals surface area contributed by atoms with Gasteiger partial charge in [-0.2, -0.15) is 0 Å². The Morgan fingerprint density at radius 2 is 2.10 bits per heavy atom. The van der Waals surface area contributed by atoms with Gasteiger partial charge in [0.25, 0.3) is 0 Å². The molecule has 1 amide bonds. The van der Waals surface area contributed by atoms with E-state index in [4.69, 9.17) is 16.7 Å². The van der Waals surface area contributed by atoms with Crippen molar-refractivity contribution in [2.75, 3.05) is 25.5 Å². The van der Waals surface area contributed by atoms with Crippen LogP contribution in [0, 0.1) is 12.8 Å². The number of amides is 1. The van der Waals surface area contributed by atoms with Crippen molar-refractivity contribution in [2.24, 2.45) is 5.92 Å². The summed E-state index contributed by atoms with van der Waals surface area (Å²) in [5, 5.41) is 12.2. The normalized spacial score (nSPS) is 12.2. The van der Waals surface area contributed by atoms with Crippen LogP contribution >= 0.6 is 11.6 Å². The second-order valence-electron chi connectivity index (χ2n) is 4.94. The number of halogens is 1. The van der Waals surface area contributed by atoms with Gasteiger partial charge in [0.2, 0.25) is 5.91 Å². The van der Waals surface area contributed by atoms with Crippen LogP contribution in [0.1, 0.15) is 12.5 Å². The molecule has 0 radical (unpaired) electrons. The first kappa shape index (κ1) is 16.5. The highest BCUT2D eigenvalue weighted by atomic mass is 35.5. The molecule has 0 spiro atoms. The lowest BCUT2D eigenvalue weighted by atomic mass is 10.2. The lowest BCUT2D eigenvalue weighted by molar-refractivity contribution is -0.141. The van der Waals surface area contributed by atoms with E-state index in [-0.39, 0.29) is 12.5 Å². The summed E-state index contributed by atoms with van der Waals surface area (Å²) in [6, 6.07) is 5.27. The summed E-state index contributed by atoms with van der Waals surface area (Å²) in [6.45, 7) is 3.93. The lowest BCUT2D eigenvalue weighted by Crippen LogP contribution is -2.35. The maximum absolute atomic E-state index is 11.9. The molecule has 1 atom stereocenters. The van der Waals surface area contributed by atoms with Crippen LogP contribution in [0.15, 0.2) is 18.2 Å². The first-order chi connectivity index (χ1) is 9.29. The smallest absolute Gasteiger partial charge is 0.307 e. The number of carboxylic acids is 1. The monoisotopic (exact) mass is 298 g/mol. The Morgan fingerprint density at radius 1 is 1.45 bits per heavy atom. The van der Waals surface area contributed by atoms with Gasteiger partial charge in [0.15, 0.2) is 0 Å². The molecule has 1 rings (SSSR count). The summed E-state index contributed by atoms with van der Waals surface area (Å²) in [4.78, 5) is 24.3. The zero-order valence-corrected chi connectivity index (χ0v) is 12.6. The van der Waals surface area contributed by atoms with Crippen molar-refractivity contribution in [3.8, 4) is 0 Å². The Labute approximate surface area is 123 Å². The van der Waals surface area contributed by atoms with Gasteiger partial charge in [-0.05, 0) is 31.7 Å². The van der Waals surface area contributed by atoms with E-state index in [0.29, 0.717) is 17.3 Å². The molecule has 0 saturated heterocycles. The van der Waals surface area contributed by atoms with Gasteiger partial charge in [0.05, 0.1) is 12.5 Å². The average molecular weight is 299 g/mol. The Bertz CT molecular complexity index is 505. The molecule has 20 heavy (non-hydrogen) atoms. The molecule has 1 aromatic carbocycles. The number of carbonyl (C=O) groups excluding carboxylic acids is 1. The zero-order valence-electron chi connectivity index (χ0n) is 11.8. The third-order valence-corrected chi connectivity index (χ3v) is 3.13. The number of nitrogens with one attached hydrogen (secondary N) is 1. The van der Waals surface area contributed by atoms with Crippen LogP contribution in [0.5, 0.6) is 0 Å². The molecule has 2 N–H and O–H groups in total. The van der Waals surface area contributed by atoms with Crippen LogP contribution < -0.4 is 5.32 Å². The summed E-state index contributed by atoms with van der Waals surface area (Å²) in [7, 11) is 1.71. The van der Waals surface area contributed by atoms with Crippen molar-refractivity contribution in [3.05, 3.63) is 28.8 Å². The standard InChI is InChI=1S/C14H19ClN2O3/c1-9-4-5-11(15)6-12(9)16-13(18)8-17(3)7-10(2)14(19)20/h4-6,10H,7-8H2,1-3H3,(H,16,18)(H,19,20). The predicted octanol–water partition coefficient (Wildman–Crippen LogP) is 2.24. The molecule has 110 valence electrons. The van der Waals surface area contributed by atoms with Gasteiger partial charge in [-0.3, -0.25) is 14.5 Å². The van der Waals surface area contributed by atoms with Gasteiger partial charge in [0.1, 0.15) is 0 Å². The Balaban J connectivity index is 2.55. The van der Waals surface area contributed by atoms with Crippen LogP contribution in [0.25, 0.3) is 0 Å². The number of nitrogens with zero attached hydrogens (tertiary/aromatic N) is 1. The van der Waals surface area contributed by atoms with Gasteiger partial charge in [0, 0.05) is 17.3 Å². The van der Waals surface area contributed by atoms with Crippen LogP contribution in [-0.2, 0) is 9.59 Å². The maximum atomic E-state index is 11.9. The highest BCUT2D eigenvalue weighted by Gasteiger charge is 2.15. The Morgan fingerprint density at radius 3 is 2.70 bits per heavy atom. The number of benzene rings is 1. The van der Waals surface area contributed by atoms with E-state index in [1.807, 2.05) is 13.0 Å².